The summed E-state index contributed by atoms with van der Waals surface area (Å²) in [6.07, 6.45) is 0. The van der Waals surface area contributed by atoms with Crippen molar-refractivity contribution in [2.45, 2.75) is 27.7 Å². The summed E-state index contributed by atoms with van der Waals surface area (Å²) in [5, 5.41) is 3.22. The molecule has 0 bridgehead atoms. The maximum absolute atomic E-state index is 13.5. The fraction of sp³-hybridized carbons (Fsp3) is 0.154. The fourth-order valence-corrected chi connectivity index (χ4v) is 3.61. The molecule has 0 atom stereocenters. The molecule has 0 saturated carbocycles. The first-order valence-electron chi connectivity index (χ1n) is 9.96. The summed E-state index contributed by atoms with van der Waals surface area (Å²) >= 11 is 0. The molecule has 2 amide bonds. The van der Waals surface area contributed by atoms with Gasteiger partial charge >= 0.3 is 0 Å². The molecule has 3 aromatic rings. The number of hydrogen-bond acceptors (Lipinski definition) is 3. The molecular weight excluding hydrogens is 372 g/mol. The van der Waals surface area contributed by atoms with Crippen LogP contribution in [-0.2, 0) is 9.59 Å². The largest absolute Gasteiger partial charge is 0.350 e. The first-order chi connectivity index (χ1) is 14.3. The van der Waals surface area contributed by atoms with Gasteiger partial charge in [0.15, 0.2) is 0 Å². The fourth-order valence-electron chi connectivity index (χ4n) is 3.61. The molecular formula is C26H24N2O2. The van der Waals surface area contributed by atoms with Gasteiger partial charge in [-0.2, -0.15) is 0 Å². The van der Waals surface area contributed by atoms with Gasteiger partial charge in [0.25, 0.3) is 11.8 Å². The van der Waals surface area contributed by atoms with E-state index in [0.717, 1.165) is 33.5 Å². The van der Waals surface area contributed by atoms with Crippen LogP contribution in [0.3, 0.4) is 0 Å². The van der Waals surface area contributed by atoms with Crippen molar-refractivity contribution in [3.8, 4) is 0 Å². The van der Waals surface area contributed by atoms with E-state index in [4.69, 9.17) is 0 Å². The molecule has 0 aliphatic carbocycles. The van der Waals surface area contributed by atoms with E-state index in [0.29, 0.717) is 17.0 Å². The zero-order valence-corrected chi connectivity index (χ0v) is 17.6. The highest BCUT2D eigenvalue weighted by atomic mass is 16.2. The van der Waals surface area contributed by atoms with Crippen molar-refractivity contribution in [1.82, 2.24) is 0 Å². The summed E-state index contributed by atoms with van der Waals surface area (Å²) in [5.41, 5.74) is 7.12. The van der Waals surface area contributed by atoms with Crippen LogP contribution in [0.25, 0.3) is 5.57 Å². The average Bonchev–Trinajstić information content (AvgIpc) is 2.95. The molecule has 1 heterocycles. The molecule has 4 heteroatoms. The van der Waals surface area contributed by atoms with E-state index in [9.17, 15) is 9.59 Å². The summed E-state index contributed by atoms with van der Waals surface area (Å²) in [5.74, 6) is -0.666. The van der Waals surface area contributed by atoms with Gasteiger partial charge in [-0.05, 0) is 74.2 Å². The zero-order chi connectivity index (χ0) is 21.4. The highest BCUT2D eigenvalue weighted by Gasteiger charge is 2.40. The van der Waals surface area contributed by atoms with Crippen LogP contribution in [-0.4, -0.2) is 11.8 Å². The van der Waals surface area contributed by atoms with Crippen molar-refractivity contribution in [1.29, 1.82) is 0 Å². The molecule has 150 valence electrons. The lowest BCUT2D eigenvalue weighted by atomic mass is 9.99. The first-order valence-corrected chi connectivity index (χ1v) is 9.96. The van der Waals surface area contributed by atoms with Crippen LogP contribution in [0.5, 0.6) is 0 Å². The number of amides is 2. The van der Waals surface area contributed by atoms with Gasteiger partial charge in [0, 0.05) is 5.69 Å². The van der Waals surface area contributed by atoms with E-state index in [1.54, 1.807) is 12.1 Å². The van der Waals surface area contributed by atoms with Crippen LogP contribution in [0.15, 0.2) is 72.4 Å². The SMILES string of the molecule is Cc1ccc(N2C(=O)C(Nc3cccc(C)c3)=C(c3ccc(C)c(C)c3)C2=O)cc1. The Hall–Kier alpha value is -3.66. The second-order valence-electron chi connectivity index (χ2n) is 7.82. The van der Waals surface area contributed by atoms with Gasteiger partial charge in [-0.15, -0.1) is 0 Å². The van der Waals surface area contributed by atoms with Crippen molar-refractivity contribution in [3.63, 3.8) is 0 Å². The van der Waals surface area contributed by atoms with Crippen LogP contribution in [0.2, 0.25) is 0 Å². The Labute approximate surface area is 176 Å². The summed E-state index contributed by atoms with van der Waals surface area (Å²) in [7, 11) is 0. The van der Waals surface area contributed by atoms with E-state index in [1.165, 1.54) is 4.90 Å². The lowest BCUT2D eigenvalue weighted by Crippen LogP contribution is -2.32. The van der Waals surface area contributed by atoms with E-state index in [1.807, 2.05) is 82.3 Å². The Morgan fingerprint density at radius 3 is 2.10 bits per heavy atom. The molecule has 0 aromatic heterocycles. The lowest BCUT2D eigenvalue weighted by molar-refractivity contribution is -0.120. The number of hydrogen-bond donors (Lipinski definition) is 1. The van der Waals surface area contributed by atoms with Gasteiger partial charge in [0.05, 0.1) is 11.3 Å². The minimum Gasteiger partial charge on any atom is -0.350 e. The molecule has 30 heavy (non-hydrogen) atoms. The maximum atomic E-state index is 13.5. The zero-order valence-electron chi connectivity index (χ0n) is 17.6. The van der Waals surface area contributed by atoms with Gasteiger partial charge in [-0.3, -0.25) is 9.59 Å². The van der Waals surface area contributed by atoms with Gasteiger partial charge in [-0.25, -0.2) is 4.90 Å². The Balaban J connectivity index is 1.84. The predicted molar refractivity (Wildman–Crippen MR) is 121 cm³/mol. The molecule has 0 fully saturated rings. The Kier molecular flexibility index (Phi) is 5.00. The number of benzene rings is 3. The topological polar surface area (TPSA) is 49.4 Å². The highest BCUT2D eigenvalue weighted by Crippen LogP contribution is 2.34. The number of carbonyl (C=O) groups is 2. The number of anilines is 2. The molecule has 4 rings (SSSR count). The molecule has 0 spiro atoms. The van der Waals surface area contributed by atoms with Crippen molar-refractivity contribution in [2.24, 2.45) is 0 Å². The van der Waals surface area contributed by atoms with Crippen LogP contribution in [0, 0.1) is 27.7 Å². The Bertz CT molecular complexity index is 1190. The number of imide groups is 1. The first kappa shape index (κ1) is 19.6. The summed E-state index contributed by atoms with van der Waals surface area (Å²) in [4.78, 5) is 28.1. The highest BCUT2D eigenvalue weighted by molar-refractivity contribution is 6.46. The minimum atomic E-state index is -0.349. The second-order valence-corrected chi connectivity index (χ2v) is 7.82. The molecule has 0 radical (unpaired) electrons. The minimum absolute atomic E-state index is 0.300. The molecule has 1 N–H and O–H groups in total. The summed E-state index contributed by atoms with van der Waals surface area (Å²) < 4.78 is 0. The quantitative estimate of drug-likeness (QED) is 0.608. The van der Waals surface area contributed by atoms with Crippen molar-refractivity contribution in [3.05, 3.63) is 100 Å². The molecule has 1 aliphatic rings. The normalized spacial score (nSPS) is 13.9. The van der Waals surface area contributed by atoms with Gasteiger partial charge in [-0.1, -0.05) is 48.0 Å². The van der Waals surface area contributed by atoms with E-state index < -0.39 is 0 Å². The van der Waals surface area contributed by atoms with E-state index >= 15 is 0 Å². The van der Waals surface area contributed by atoms with E-state index in [2.05, 4.69) is 5.32 Å². The standard InChI is InChI=1S/C26H24N2O2/c1-16-8-12-22(13-9-16)28-25(29)23(20-11-10-18(3)19(4)15-20)24(26(28)30)27-21-7-5-6-17(2)14-21/h5-15,27H,1-4H3. The Morgan fingerprint density at radius 1 is 0.700 bits per heavy atom. The van der Waals surface area contributed by atoms with Crippen molar-refractivity contribution >= 4 is 28.8 Å². The van der Waals surface area contributed by atoms with Gasteiger partial charge in [0.1, 0.15) is 5.70 Å². The van der Waals surface area contributed by atoms with Gasteiger partial charge in [0.2, 0.25) is 0 Å². The van der Waals surface area contributed by atoms with Crippen LogP contribution < -0.4 is 10.2 Å². The monoisotopic (exact) mass is 396 g/mol. The van der Waals surface area contributed by atoms with E-state index in [-0.39, 0.29) is 11.8 Å². The molecule has 0 unspecified atom stereocenters. The average molecular weight is 396 g/mol. The predicted octanol–water partition coefficient (Wildman–Crippen LogP) is 5.32. The number of nitrogens with zero attached hydrogens (tertiary/aromatic N) is 1. The van der Waals surface area contributed by atoms with Crippen molar-refractivity contribution < 1.29 is 9.59 Å². The molecule has 0 saturated heterocycles. The molecule has 4 nitrogen and oxygen atoms in total. The number of nitrogens with one attached hydrogen (secondary N) is 1. The number of aryl methyl sites for hydroxylation is 4. The van der Waals surface area contributed by atoms with Crippen LogP contribution >= 0.6 is 0 Å². The lowest BCUT2D eigenvalue weighted by Gasteiger charge is -2.15. The van der Waals surface area contributed by atoms with Gasteiger partial charge < -0.3 is 5.32 Å². The number of rotatable bonds is 4. The summed E-state index contributed by atoms with van der Waals surface area (Å²) in [6.45, 7) is 8.00. The molecule has 3 aromatic carbocycles. The van der Waals surface area contributed by atoms with Crippen molar-refractivity contribution in [2.75, 3.05) is 10.2 Å². The van der Waals surface area contributed by atoms with Crippen LogP contribution in [0.1, 0.15) is 27.8 Å². The third-order valence-corrected chi connectivity index (χ3v) is 5.46. The Morgan fingerprint density at radius 2 is 1.43 bits per heavy atom. The maximum Gasteiger partial charge on any atom is 0.282 e. The smallest absolute Gasteiger partial charge is 0.282 e. The number of carbonyl (C=O) groups excluding carboxylic acids is 2. The third-order valence-electron chi connectivity index (χ3n) is 5.46. The van der Waals surface area contributed by atoms with Crippen LogP contribution in [0.4, 0.5) is 11.4 Å². The summed E-state index contributed by atoms with van der Waals surface area (Å²) in [6, 6.07) is 21.0. The third kappa shape index (κ3) is 3.52. The molecule has 1 aliphatic heterocycles. The second kappa shape index (κ2) is 7.64.